The first-order valence-electron chi connectivity index (χ1n) is 4.52. The summed E-state index contributed by atoms with van der Waals surface area (Å²) < 4.78 is 0. The van der Waals surface area contributed by atoms with Crippen molar-refractivity contribution in [3.05, 3.63) is 35.9 Å². The van der Waals surface area contributed by atoms with Gasteiger partial charge in [0.25, 0.3) is 0 Å². The average Bonchev–Trinajstić information content (AvgIpc) is 2.04. The molecule has 1 aromatic carbocycles. The molecule has 0 saturated heterocycles. The molecule has 0 radical (unpaired) electrons. The van der Waals surface area contributed by atoms with Gasteiger partial charge in [0.1, 0.15) is 0 Å². The summed E-state index contributed by atoms with van der Waals surface area (Å²) in [6.07, 6.45) is 2.27. The van der Waals surface area contributed by atoms with Gasteiger partial charge in [-0.1, -0.05) is 37.3 Å². The van der Waals surface area contributed by atoms with Crippen LogP contribution in [0.3, 0.4) is 0 Å². The van der Waals surface area contributed by atoms with Crippen molar-refractivity contribution < 1.29 is 0 Å². The van der Waals surface area contributed by atoms with Gasteiger partial charge in [0.15, 0.2) is 0 Å². The molecule has 0 amide bonds. The Hall–Kier alpha value is -0.820. The fraction of sp³-hybridized carbons (Fsp3) is 0.455. The van der Waals surface area contributed by atoms with Gasteiger partial charge in [0.2, 0.25) is 0 Å². The minimum Gasteiger partial charge on any atom is -0.328 e. The summed E-state index contributed by atoms with van der Waals surface area (Å²) in [7, 11) is 0. The van der Waals surface area contributed by atoms with Crippen LogP contribution < -0.4 is 5.73 Å². The van der Waals surface area contributed by atoms with Crippen molar-refractivity contribution in [2.45, 2.75) is 31.2 Å². The molecule has 0 unspecified atom stereocenters. The molecule has 2 rings (SSSR count). The van der Waals surface area contributed by atoms with Gasteiger partial charge in [-0.3, -0.25) is 0 Å². The van der Waals surface area contributed by atoms with Gasteiger partial charge in [-0.15, -0.1) is 0 Å². The third-order valence-electron chi connectivity index (χ3n) is 2.90. The monoisotopic (exact) mass is 161 g/mol. The summed E-state index contributed by atoms with van der Waals surface area (Å²) in [5.41, 5.74) is 7.59. The first-order chi connectivity index (χ1) is 5.71. The highest BCUT2D eigenvalue weighted by atomic mass is 14.7. The fourth-order valence-corrected chi connectivity index (χ4v) is 2.17. The van der Waals surface area contributed by atoms with Crippen LogP contribution >= 0.6 is 0 Å². The number of hydrogen-bond donors (Lipinski definition) is 1. The minimum absolute atomic E-state index is 0.362. The minimum atomic E-state index is 0.362. The SMILES string of the molecule is CC1(c2ccccc2)CC(N)C1. The Kier molecular flexibility index (Phi) is 1.69. The molecule has 0 aromatic heterocycles. The van der Waals surface area contributed by atoms with E-state index in [4.69, 9.17) is 5.73 Å². The largest absolute Gasteiger partial charge is 0.328 e. The topological polar surface area (TPSA) is 26.0 Å². The third-order valence-corrected chi connectivity index (χ3v) is 2.90. The summed E-state index contributed by atoms with van der Waals surface area (Å²) in [5, 5.41) is 0. The van der Waals surface area contributed by atoms with Gasteiger partial charge in [-0.25, -0.2) is 0 Å². The summed E-state index contributed by atoms with van der Waals surface area (Å²) >= 11 is 0. The van der Waals surface area contributed by atoms with Gasteiger partial charge in [-0.2, -0.15) is 0 Å². The van der Waals surface area contributed by atoms with E-state index in [1.165, 1.54) is 5.56 Å². The van der Waals surface area contributed by atoms with Crippen molar-refractivity contribution in [2.24, 2.45) is 5.73 Å². The van der Waals surface area contributed by atoms with Crippen LogP contribution in [-0.4, -0.2) is 6.04 Å². The van der Waals surface area contributed by atoms with Crippen LogP contribution in [0.25, 0.3) is 0 Å². The van der Waals surface area contributed by atoms with Crippen molar-refractivity contribution in [1.29, 1.82) is 0 Å². The van der Waals surface area contributed by atoms with Crippen molar-refractivity contribution in [2.75, 3.05) is 0 Å². The maximum atomic E-state index is 5.79. The van der Waals surface area contributed by atoms with Crippen LogP contribution in [0.5, 0.6) is 0 Å². The van der Waals surface area contributed by atoms with Crippen LogP contribution in [0.4, 0.5) is 0 Å². The molecule has 0 bridgehead atoms. The molecule has 1 nitrogen and oxygen atoms in total. The van der Waals surface area contributed by atoms with E-state index in [0.717, 1.165) is 12.8 Å². The molecule has 0 atom stereocenters. The van der Waals surface area contributed by atoms with E-state index in [-0.39, 0.29) is 0 Å². The standard InChI is InChI=1S/C11H15N/c1-11(7-10(12)8-11)9-5-3-2-4-6-9/h2-6,10H,7-8,12H2,1H3. The van der Waals surface area contributed by atoms with Crippen LogP contribution in [0, 0.1) is 0 Å². The Morgan fingerprint density at radius 1 is 1.25 bits per heavy atom. The number of hydrogen-bond acceptors (Lipinski definition) is 1. The van der Waals surface area contributed by atoms with Crippen LogP contribution in [0.2, 0.25) is 0 Å². The maximum Gasteiger partial charge on any atom is 0.00556 e. The summed E-state index contributed by atoms with van der Waals surface area (Å²) in [5.74, 6) is 0. The Morgan fingerprint density at radius 3 is 2.33 bits per heavy atom. The lowest BCUT2D eigenvalue weighted by Crippen LogP contribution is -2.47. The summed E-state index contributed by atoms with van der Waals surface area (Å²) in [6.45, 7) is 2.30. The fourth-order valence-electron chi connectivity index (χ4n) is 2.17. The highest BCUT2D eigenvalue weighted by molar-refractivity contribution is 5.28. The molecule has 1 heteroatoms. The van der Waals surface area contributed by atoms with Gasteiger partial charge in [0.05, 0.1) is 0 Å². The smallest absolute Gasteiger partial charge is 0.00556 e. The molecule has 0 aliphatic heterocycles. The predicted molar refractivity (Wildman–Crippen MR) is 51.0 cm³/mol. The predicted octanol–water partition coefficient (Wildman–Crippen LogP) is 2.07. The van der Waals surface area contributed by atoms with Gasteiger partial charge < -0.3 is 5.73 Å². The molecular weight excluding hydrogens is 146 g/mol. The molecule has 64 valence electrons. The number of rotatable bonds is 1. The summed E-state index contributed by atoms with van der Waals surface area (Å²) in [6, 6.07) is 11.1. The Morgan fingerprint density at radius 2 is 1.83 bits per heavy atom. The van der Waals surface area contributed by atoms with Crippen molar-refractivity contribution in [3.8, 4) is 0 Å². The van der Waals surface area contributed by atoms with E-state index in [9.17, 15) is 0 Å². The van der Waals surface area contributed by atoms with Crippen molar-refractivity contribution >= 4 is 0 Å². The van der Waals surface area contributed by atoms with Crippen molar-refractivity contribution in [3.63, 3.8) is 0 Å². The van der Waals surface area contributed by atoms with Crippen LogP contribution in [-0.2, 0) is 5.41 Å². The first kappa shape index (κ1) is 7.81. The Bertz CT molecular complexity index is 260. The number of benzene rings is 1. The van der Waals surface area contributed by atoms with Gasteiger partial charge in [0, 0.05) is 6.04 Å². The molecule has 1 saturated carbocycles. The first-order valence-corrected chi connectivity index (χ1v) is 4.52. The highest BCUT2D eigenvalue weighted by Crippen LogP contribution is 2.42. The second-order valence-corrected chi connectivity index (χ2v) is 4.10. The maximum absolute atomic E-state index is 5.79. The van der Waals surface area contributed by atoms with Crippen LogP contribution in [0.15, 0.2) is 30.3 Å². The molecule has 0 heterocycles. The lowest BCUT2D eigenvalue weighted by molar-refractivity contribution is 0.227. The zero-order valence-corrected chi connectivity index (χ0v) is 7.46. The molecule has 2 N–H and O–H groups in total. The van der Waals surface area contributed by atoms with Crippen molar-refractivity contribution in [1.82, 2.24) is 0 Å². The third kappa shape index (κ3) is 1.14. The quantitative estimate of drug-likeness (QED) is 0.670. The molecule has 1 aromatic rings. The average molecular weight is 161 g/mol. The van der Waals surface area contributed by atoms with E-state index >= 15 is 0 Å². The second-order valence-electron chi connectivity index (χ2n) is 4.10. The Balaban J connectivity index is 2.21. The molecule has 1 fully saturated rings. The van der Waals surface area contributed by atoms with Gasteiger partial charge in [-0.05, 0) is 23.8 Å². The van der Waals surface area contributed by atoms with E-state index in [1.54, 1.807) is 0 Å². The van der Waals surface area contributed by atoms with E-state index in [2.05, 4.69) is 37.3 Å². The molecule has 12 heavy (non-hydrogen) atoms. The van der Waals surface area contributed by atoms with E-state index in [0.29, 0.717) is 11.5 Å². The second kappa shape index (κ2) is 2.60. The summed E-state index contributed by atoms with van der Waals surface area (Å²) in [4.78, 5) is 0. The zero-order chi connectivity index (χ0) is 8.60. The van der Waals surface area contributed by atoms with E-state index in [1.807, 2.05) is 0 Å². The van der Waals surface area contributed by atoms with E-state index < -0.39 is 0 Å². The highest BCUT2D eigenvalue weighted by Gasteiger charge is 2.39. The number of nitrogens with two attached hydrogens (primary N) is 1. The zero-order valence-electron chi connectivity index (χ0n) is 7.46. The Labute approximate surface area is 73.6 Å². The lowest BCUT2D eigenvalue weighted by Gasteiger charge is -2.44. The molecule has 0 spiro atoms. The molecule has 1 aliphatic carbocycles. The molecular formula is C11H15N. The normalized spacial score (nSPS) is 34.3. The van der Waals surface area contributed by atoms with Gasteiger partial charge >= 0.3 is 0 Å². The van der Waals surface area contributed by atoms with Crippen LogP contribution in [0.1, 0.15) is 25.3 Å². The molecule has 1 aliphatic rings. The lowest BCUT2D eigenvalue weighted by atomic mass is 9.63.